The number of likely N-dealkylation sites (tertiary alicyclic amines) is 1. The molecule has 1 saturated carbocycles. The van der Waals surface area contributed by atoms with Crippen LogP contribution in [0.5, 0.6) is 0 Å². The molecule has 0 spiro atoms. The molecule has 0 radical (unpaired) electrons. The molecule has 3 saturated heterocycles. The van der Waals surface area contributed by atoms with Crippen molar-refractivity contribution in [2.45, 2.75) is 222 Å². The van der Waals surface area contributed by atoms with Crippen LogP contribution in [0.4, 0.5) is 5.69 Å². The zero-order valence-electron chi connectivity index (χ0n) is 66.3. The molecule has 43 heteroatoms. The first-order valence-electron chi connectivity index (χ1n) is 38.9. The SMILES string of the molecule is CC[C@H](C)[C@H](NC(=O)C1C2CCC(CC2)N1C(=O)[C@H](CCC(=O)O)NC(=O)[C@H](Cc1ccccc1)NC(=O)[C@H](CC(=O)O)NC(=O)CNC(=O)c1ccc(NC(=N)N)cc1)C(=O)N1CCC[C@H]1C(=O)N[C@@H](CCC(=O)O)C(=O)N[C@@H](CCC(=O)O)C(=O)N[C@@H](Cc1ccc(P(=O)(O)O)cc1)C(=O)N[C@@H](CC(C)C)C(=O)N[C@H](CCC(=O)O)C(=O)O. The number of hydrogen-bond acceptors (Lipinski definition) is 20. The molecule has 0 aromatic heterocycles. The summed E-state index contributed by atoms with van der Waals surface area (Å²) < 4.78 is 12.1. The van der Waals surface area contributed by atoms with Crippen LogP contribution in [0.3, 0.4) is 0 Å². The number of carboxylic acid groups (broad SMARTS) is 6. The predicted octanol–water partition coefficient (Wildman–Crippen LogP) is -1.76. The van der Waals surface area contributed by atoms with Gasteiger partial charge < -0.3 is 114 Å². The number of nitrogens with zero attached hydrogens (tertiary/aromatic N) is 2. The van der Waals surface area contributed by atoms with Gasteiger partial charge in [0.1, 0.15) is 66.5 Å². The minimum absolute atomic E-state index is 0.0652. The van der Waals surface area contributed by atoms with Gasteiger partial charge in [0.05, 0.1) is 18.3 Å². The van der Waals surface area contributed by atoms with Gasteiger partial charge in [0.25, 0.3) is 5.91 Å². The number of rotatable bonds is 47. The summed E-state index contributed by atoms with van der Waals surface area (Å²) in [6, 6.07) is -1.30. The number of carbonyl (C=O) groups excluding carboxylic acids is 12. The lowest BCUT2D eigenvalue weighted by molar-refractivity contribution is -0.157. The monoisotopic (exact) mass is 1700 g/mol. The first kappa shape index (κ1) is 96.4. The lowest BCUT2D eigenvalue weighted by Gasteiger charge is -2.51. The smallest absolute Gasteiger partial charge is 0.356 e. The Balaban J connectivity index is 1.23. The van der Waals surface area contributed by atoms with Gasteiger partial charge in [0.15, 0.2) is 5.96 Å². The van der Waals surface area contributed by atoms with Crippen LogP contribution in [0.15, 0.2) is 78.9 Å². The van der Waals surface area contributed by atoms with E-state index in [1.165, 1.54) is 41.3 Å². The lowest BCUT2D eigenvalue weighted by Crippen LogP contribution is -2.68. The molecule has 4 fully saturated rings. The van der Waals surface area contributed by atoms with E-state index in [9.17, 15) is 117 Å². The second kappa shape index (κ2) is 45.5. The van der Waals surface area contributed by atoms with Crippen LogP contribution in [0.1, 0.15) is 158 Å². The highest BCUT2D eigenvalue weighted by Crippen LogP contribution is 2.41. The summed E-state index contributed by atoms with van der Waals surface area (Å²) in [5.74, 6) is -23.6. The highest BCUT2D eigenvalue weighted by Gasteiger charge is 2.51. The minimum Gasteiger partial charge on any atom is -0.481 e. The van der Waals surface area contributed by atoms with Crippen LogP contribution >= 0.6 is 7.60 Å². The van der Waals surface area contributed by atoms with Crippen LogP contribution in [0.25, 0.3) is 0 Å². The Morgan fingerprint density at radius 3 is 1.48 bits per heavy atom. The molecule has 4 aliphatic rings. The number of benzene rings is 3. The third kappa shape index (κ3) is 29.9. The van der Waals surface area contributed by atoms with E-state index in [0.717, 1.165) is 17.0 Å². The van der Waals surface area contributed by atoms with Gasteiger partial charge in [-0.15, -0.1) is 0 Å². The summed E-state index contributed by atoms with van der Waals surface area (Å²) in [5.41, 5.74) is 6.33. The van der Waals surface area contributed by atoms with E-state index >= 15 is 14.4 Å². The first-order valence-corrected chi connectivity index (χ1v) is 40.5. The van der Waals surface area contributed by atoms with Crippen molar-refractivity contribution >= 4 is 131 Å². The normalized spacial score (nSPS) is 17.9. The Morgan fingerprint density at radius 1 is 0.508 bits per heavy atom. The maximum absolute atomic E-state index is 15.4. The molecule has 120 heavy (non-hydrogen) atoms. The molecule has 1 aliphatic carbocycles. The third-order valence-corrected chi connectivity index (χ3v) is 21.5. The van der Waals surface area contributed by atoms with Crippen molar-refractivity contribution in [1.29, 1.82) is 5.41 Å². The van der Waals surface area contributed by atoms with Gasteiger partial charge >= 0.3 is 43.4 Å². The van der Waals surface area contributed by atoms with E-state index in [1.54, 1.807) is 58.0 Å². The molecular formula is C77H104N15O27P. The summed E-state index contributed by atoms with van der Waals surface area (Å²) in [6.07, 6.45) is -6.08. The van der Waals surface area contributed by atoms with E-state index in [4.69, 9.17) is 11.1 Å². The van der Waals surface area contributed by atoms with Crippen molar-refractivity contribution in [1.82, 2.24) is 63.0 Å². The van der Waals surface area contributed by atoms with Crippen LogP contribution < -0.4 is 69.5 Å². The second-order valence-electron chi connectivity index (χ2n) is 30.1. The quantitative estimate of drug-likeness (QED) is 0.0169. The van der Waals surface area contributed by atoms with Gasteiger partial charge in [0.2, 0.25) is 65.0 Å². The standard InChI is InChI=1S/C77H104N15O27P/c1-5-40(4)63(90-73(112)64-43-17-21-46(22-18-43)92(64)74(113)50(27-31-60(98)99)85-69(108)53(35-41-10-7-6-8-11-41)89-71(110)55(37-62(102)103)82-57(93)38-80-65(104)44-15-19-45(20-16-44)81-77(78)79)75(114)91-33-9-12-56(91)72(111)84-49(26-30-59(96)97)66(105)83-48(25-29-58(94)95)67(106)88-54(36-42-13-23-47(24-14-42)120(117,118)119)70(109)87-52(34-39(2)3)68(107)86-51(76(115)116)28-32-61(100)101/h6-8,10-11,13-16,19-20,23-24,39-40,43,46,48-56,63-64H,5,9,12,17-18,21-22,25-38H2,1-4H3,(H,80,104)(H,82,93)(H,83,105)(H,84,111)(H,85,108)(H,86,107)(H,87,109)(H,88,106)(H,89,110)(H,90,112)(H,94,95)(H,96,97)(H,98,99)(H,100,101)(H,102,103)(H,115,116)(H4,78,79,81)(H2,117,118,119)/t40-,43?,46?,48-,49-,50-,51+,52-,53-,54-,55-,56-,63-,64?/m0/s1. The van der Waals surface area contributed by atoms with E-state index in [-0.39, 0.29) is 55.7 Å². The molecule has 3 heterocycles. The minimum atomic E-state index is -4.83. The highest BCUT2D eigenvalue weighted by atomic mass is 31.2. The Hall–Kier alpha value is -12.5. The number of aliphatic carboxylic acids is 6. The fourth-order valence-electron chi connectivity index (χ4n) is 14.2. The molecule has 7 rings (SSSR count). The molecule has 654 valence electrons. The van der Waals surface area contributed by atoms with Crippen LogP contribution in [0, 0.1) is 23.2 Å². The Morgan fingerprint density at radius 2 is 0.975 bits per heavy atom. The van der Waals surface area contributed by atoms with E-state index < -0.39 is 281 Å². The number of anilines is 1. The summed E-state index contributed by atoms with van der Waals surface area (Å²) in [5, 5.41) is 92.4. The highest BCUT2D eigenvalue weighted by molar-refractivity contribution is 7.60. The van der Waals surface area contributed by atoms with Crippen molar-refractivity contribution in [3.05, 3.63) is 95.6 Å². The molecule has 42 nitrogen and oxygen atoms in total. The summed E-state index contributed by atoms with van der Waals surface area (Å²) in [4.78, 5) is 267. The number of guanidine groups is 1. The zero-order valence-corrected chi connectivity index (χ0v) is 67.2. The average Bonchev–Trinajstić information content (AvgIpc) is 0.786. The predicted molar refractivity (Wildman–Crippen MR) is 421 cm³/mol. The number of nitrogens with one attached hydrogen (secondary N) is 12. The van der Waals surface area contributed by atoms with Gasteiger partial charge in [-0.2, -0.15) is 0 Å². The number of hydrogen-bond donors (Lipinski definition) is 21. The van der Waals surface area contributed by atoms with Gasteiger partial charge in [-0.3, -0.25) is 91.5 Å². The fraction of sp³-hybridized carbons (Fsp3) is 0.519. The zero-order chi connectivity index (χ0) is 89.0. The van der Waals surface area contributed by atoms with Gasteiger partial charge in [-0.1, -0.05) is 76.6 Å². The molecule has 3 aromatic rings. The topological polar surface area (TPSA) is 675 Å². The summed E-state index contributed by atoms with van der Waals surface area (Å²) in [6.45, 7) is 5.66. The molecule has 12 amide bonds. The first-order chi connectivity index (χ1) is 56.5. The Kier molecular flexibility index (Phi) is 36.5. The molecule has 12 atom stereocenters. The van der Waals surface area contributed by atoms with Gasteiger partial charge in [-0.25, -0.2) is 4.79 Å². The maximum atomic E-state index is 15.4. The van der Waals surface area contributed by atoms with E-state index in [0.29, 0.717) is 36.9 Å². The summed E-state index contributed by atoms with van der Waals surface area (Å²) in [7, 11) is -4.83. The van der Waals surface area contributed by atoms with Crippen LogP contribution in [-0.2, 0) is 98.9 Å². The number of piperidine rings is 2. The Bertz CT molecular complexity index is 4310. The van der Waals surface area contributed by atoms with Crippen LogP contribution in [-0.4, -0.2) is 248 Å². The van der Waals surface area contributed by atoms with Gasteiger partial charge in [0, 0.05) is 62.4 Å². The van der Waals surface area contributed by atoms with Crippen molar-refractivity contribution in [2.24, 2.45) is 23.5 Å². The van der Waals surface area contributed by atoms with Crippen molar-refractivity contribution < 1.29 is 131 Å². The molecule has 3 aliphatic heterocycles. The van der Waals surface area contributed by atoms with Crippen molar-refractivity contribution in [3.63, 3.8) is 0 Å². The molecule has 2 bridgehead atoms. The fourth-order valence-corrected chi connectivity index (χ4v) is 14.7. The molecular weight excluding hydrogens is 1600 g/mol. The number of carbonyl (C=O) groups is 18. The Labute approximate surface area is 687 Å². The largest absolute Gasteiger partial charge is 0.481 e. The number of carboxylic acids is 6. The van der Waals surface area contributed by atoms with E-state index in [2.05, 4.69) is 58.5 Å². The van der Waals surface area contributed by atoms with Crippen LogP contribution in [0.2, 0.25) is 0 Å². The molecule has 1 unspecified atom stereocenters. The van der Waals surface area contributed by atoms with Gasteiger partial charge in [-0.05, 0) is 136 Å². The van der Waals surface area contributed by atoms with E-state index in [1.807, 2.05) is 0 Å². The number of fused-ring (bicyclic) bond motifs is 3. The molecule has 22 N–H and O–H groups in total. The third-order valence-electron chi connectivity index (χ3n) is 20.6. The van der Waals surface area contributed by atoms with Crippen molar-refractivity contribution in [3.8, 4) is 0 Å². The maximum Gasteiger partial charge on any atom is 0.356 e. The summed E-state index contributed by atoms with van der Waals surface area (Å²) >= 11 is 0. The number of nitrogens with two attached hydrogens (primary N) is 1. The average molecular weight is 1700 g/mol. The molecule has 3 aromatic carbocycles. The lowest BCUT2D eigenvalue weighted by atomic mass is 9.73. The van der Waals surface area contributed by atoms with Crippen molar-refractivity contribution in [2.75, 3.05) is 18.4 Å². The number of amides is 12. The second-order valence-corrected chi connectivity index (χ2v) is 31.7.